The van der Waals surface area contributed by atoms with E-state index in [-0.39, 0.29) is 11.3 Å². The Kier molecular flexibility index (Phi) is 6.57. The summed E-state index contributed by atoms with van der Waals surface area (Å²) in [6.07, 6.45) is 6.65. The van der Waals surface area contributed by atoms with Crippen molar-refractivity contribution < 1.29 is 23.4 Å². The highest BCUT2D eigenvalue weighted by atomic mass is 19.1. The Bertz CT molecular complexity index is 1270. The van der Waals surface area contributed by atoms with Crippen molar-refractivity contribution >= 4 is 34.4 Å². The molecule has 3 aromatic rings. The van der Waals surface area contributed by atoms with E-state index in [0.29, 0.717) is 40.4 Å². The van der Waals surface area contributed by atoms with Crippen LogP contribution in [-0.2, 0) is 4.74 Å². The summed E-state index contributed by atoms with van der Waals surface area (Å²) in [6.45, 7) is 8.33. The standard InChI is InChI=1S/C25H26FN3O4/c1-4-15(7-8-27-2)22(29-11-9-28-10-12-29)21-20-19(25(31)32-3)14-33-24(20)17-6-5-16(26)13-18(17)23(21)30/h4-8,13-14,22,28,30H,2,9-12H2,1,3H3/b8-7-,15-4+. The minimum absolute atomic E-state index is 0.105. The Balaban J connectivity index is 2.12. The number of aliphatic imine (C=N–C) groups is 1. The van der Waals surface area contributed by atoms with Crippen LogP contribution < -0.4 is 5.32 Å². The molecule has 2 heterocycles. The number of methoxy groups -OCH3 is 1. The molecule has 1 fully saturated rings. The smallest absolute Gasteiger partial charge is 0.341 e. The van der Waals surface area contributed by atoms with Crippen molar-refractivity contribution in [3.63, 3.8) is 0 Å². The lowest BCUT2D eigenvalue weighted by molar-refractivity contribution is 0.0601. The van der Waals surface area contributed by atoms with Crippen LogP contribution in [0, 0.1) is 5.82 Å². The maximum Gasteiger partial charge on any atom is 0.341 e. The number of furan rings is 1. The van der Waals surface area contributed by atoms with E-state index in [4.69, 9.17) is 9.15 Å². The molecule has 0 bridgehead atoms. The van der Waals surface area contributed by atoms with Gasteiger partial charge in [0, 0.05) is 54.1 Å². The summed E-state index contributed by atoms with van der Waals surface area (Å²) in [5, 5.41) is 16.1. The normalized spacial score (nSPS) is 16.5. The second-order valence-electron chi connectivity index (χ2n) is 7.77. The van der Waals surface area contributed by atoms with Crippen LogP contribution in [-0.4, -0.2) is 56.0 Å². The third-order valence-electron chi connectivity index (χ3n) is 6.01. The number of allylic oxidation sites excluding steroid dienone is 1. The van der Waals surface area contributed by atoms with Gasteiger partial charge in [-0.25, -0.2) is 9.18 Å². The molecule has 1 atom stereocenters. The zero-order valence-electron chi connectivity index (χ0n) is 18.6. The van der Waals surface area contributed by atoms with Gasteiger partial charge >= 0.3 is 5.97 Å². The van der Waals surface area contributed by atoms with Crippen LogP contribution in [0.4, 0.5) is 4.39 Å². The molecule has 0 aliphatic carbocycles. The molecule has 4 rings (SSSR count). The van der Waals surface area contributed by atoms with E-state index < -0.39 is 17.8 Å². The van der Waals surface area contributed by atoms with Gasteiger partial charge in [-0.2, -0.15) is 0 Å². The highest BCUT2D eigenvalue weighted by Crippen LogP contribution is 2.47. The average molecular weight is 451 g/mol. The van der Waals surface area contributed by atoms with E-state index in [9.17, 15) is 14.3 Å². The quantitative estimate of drug-likeness (QED) is 0.330. The van der Waals surface area contributed by atoms with Gasteiger partial charge in [0.2, 0.25) is 0 Å². The van der Waals surface area contributed by atoms with Crippen LogP contribution in [0.25, 0.3) is 21.7 Å². The van der Waals surface area contributed by atoms with E-state index in [1.807, 2.05) is 19.1 Å². The molecular weight excluding hydrogens is 425 g/mol. The fourth-order valence-electron chi connectivity index (χ4n) is 4.51. The number of nitrogens with zero attached hydrogens (tertiary/aromatic N) is 2. The molecule has 1 aromatic heterocycles. The van der Waals surface area contributed by atoms with Crippen LogP contribution in [0.3, 0.4) is 0 Å². The molecule has 2 aromatic carbocycles. The first-order valence-corrected chi connectivity index (χ1v) is 10.7. The van der Waals surface area contributed by atoms with Gasteiger partial charge in [-0.15, -0.1) is 0 Å². The topological polar surface area (TPSA) is 87.3 Å². The largest absolute Gasteiger partial charge is 0.507 e. The van der Waals surface area contributed by atoms with Crippen LogP contribution in [0.5, 0.6) is 5.75 Å². The van der Waals surface area contributed by atoms with Crippen molar-refractivity contribution in [2.75, 3.05) is 33.3 Å². The number of phenols is 1. The van der Waals surface area contributed by atoms with Gasteiger partial charge in [0.05, 0.1) is 13.2 Å². The first-order valence-electron chi connectivity index (χ1n) is 10.7. The number of carbonyl (C=O) groups excluding carboxylic acids is 1. The van der Waals surface area contributed by atoms with Crippen molar-refractivity contribution in [2.45, 2.75) is 13.0 Å². The molecule has 7 nitrogen and oxygen atoms in total. The third kappa shape index (κ3) is 4.03. The Labute approximate surface area is 190 Å². The number of rotatable bonds is 6. The molecule has 1 aliphatic heterocycles. The first kappa shape index (κ1) is 22.7. The number of hydrogen-bond donors (Lipinski definition) is 2. The fraction of sp³-hybridized carbons (Fsp3) is 0.280. The molecule has 0 spiro atoms. The van der Waals surface area contributed by atoms with Crippen LogP contribution in [0.15, 0.2) is 57.8 Å². The predicted octanol–water partition coefficient (Wildman–Crippen LogP) is 4.32. The van der Waals surface area contributed by atoms with Crippen molar-refractivity contribution in [1.82, 2.24) is 10.2 Å². The molecule has 2 N–H and O–H groups in total. The van der Waals surface area contributed by atoms with Crippen molar-refractivity contribution in [3.05, 3.63) is 65.3 Å². The second kappa shape index (κ2) is 9.56. The lowest BCUT2D eigenvalue weighted by atomic mass is 9.88. The average Bonchev–Trinajstić information content (AvgIpc) is 3.28. The van der Waals surface area contributed by atoms with E-state index in [2.05, 4.69) is 21.9 Å². The lowest BCUT2D eigenvalue weighted by Crippen LogP contribution is -2.45. The first-order chi connectivity index (χ1) is 16.0. The zero-order chi connectivity index (χ0) is 23.5. The van der Waals surface area contributed by atoms with Gasteiger partial charge in [-0.3, -0.25) is 9.89 Å². The third-order valence-corrected chi connectivity index (χ3v) is 6.01. The molecule has 1 aliphatic rings. The van der Waals surface area contributed by atoms with E-state index >= 15 is 0 Å². The van der Waals surface area contributed by atoms with Gasteiger partial charge in [-0.1, -0.05) is 6.08 Å². The minimum Gasteiger partial charge on any atom is -0.507 e. The Morgan fingerprint density at radius 1 is 1.36 bits per heavy atom. The summed E-state index contributed by atoms with van der Waals surface area (Å²) >= 11 is 0. The summed E-state index contributed by atoms with van der Waals surface area (Å²) in [5.41, 5.74) is 1.89. The van der Waals surface area contributed by atoms with Crippen LogP contribution in [0.2, 0.25) is 0 Å². The molecule has 0 saturated carbocycles. The molecule has 8 heteroatoms. The number of ether oxygens (including phenoxy) is 1. The summed E-state index contributed by atoms with van der Waals surface area (Å²) in [7, 11) is 1.29. The predicted molar refractivity (Wildman–Crippen MR) is 126 cm³/mol. The number of esters is 1. The van der Waals surface area contributed by atoms with Gasteiger partial charge < -0.3 is 19.6 Å². The Hall–Kier alpha value is -3.49. The van der Waals surface area contributed by atoms with Crippen LogP contribution >= 0.6 is 0 Å². The number of benzene rings is 2. The monoisotopic (exact) mass is 451 g/mol. The maximum atomic E-state index is 14.2. The summed E-state index contributed by atoms with van der Waals surface area (Å²) in [4.78, 5) is 18.7. The molecule has 0 radical (unpaired) electrons. The van der Waals surface area contributed by atoms with E-state index in [1.54, 1.807) is 12.3 Å². The van der Waals surface area contributed by atoms with Gasteiger partial charge in [0.1, 0.15) is 29.0 Å². The van der Waals surface area contributed by atoms with E-state index in [1.165, 1.54) is 25.5 Å². The molecule has 33 heavy (non-hydrogen) atoms. The van der Waals surface area contributed by atoms with Gasteiger partial charge in [0.15, 0.2) is 0 Å². The SMILES string of the molecule is C=N/C=C\C(=C/C)C(c1c(O)c2cc(F)ccc2c2occ(C(=O)OC)c12)N1CCNCC1. The Morgan fingerprint density at radius 2 is 2.12 bits per heavy atom. The molecule has 1 saturated heterocycles. The van der Waals surface area contributed by atoms with Crippen LogP contribution in [0.1, 0.15) is 28.9 Å². The fourth-order valence-corrected chi connectivity index (χ4v) is 4.51. The highest BCUT2D eigenvalue weighted by Gasteiger charge is 2.33. The van der Waals surface area contributed by atoms with Crippen molar-refractivity contribution in [2.24, 2.45) is 4.99 Å². The van der Waals surface area contributed by atoms with Crippen molar-refractivity contribution in [1.29, 1.82) is 0 Å². The number of phenolic OH excluding ortho intramolecular Hbond substituents is 1. The van der Waals surface area contributed by atoms with Gasteiger partial charge in [-0.05, 0) is 43.5 Å². The van der Waals surface area contributed by atoms with Crippen molar-refractivity contribution in [3.8, 4) is 5.75 Å². The number of halogens is 1. The molecule has 1 unspecified atom stereocenters. The summed E-state index contributed by atoms with van der Waals surface area (Å²) < 4.78 is 25.0. The summed E-state index contributed by atoms with van der Waals surface area (Å²) in [6, 6.07) is 3.66. The molecule has 0 amide bonds. The zero-order valence-corrected chi connectivity index (χ0v) is 18.6. The number of piperazine rings is 1. The van der Waals surface area contributed by atoms with Gasteiger partial charge in [0.25, 0.3) is 0 Å². The maximum absolute atomic E-state index is 14.2. The highest BCUT2D eigenvalue weighted by molar-refractivity contribution is 6.16. The summed E-state index contributed by atoms with van der Waals surface area (Å²) in [5.74, 6) is -1.17. The molecule has 172 valence electrons. The minimum atomic E-state index is -0.583. The lowest BCUT2D eigenvalue weighted by Gasteiger charge is -2.36. The number of carbonyl (C=O) groups is 1. The molecular formula is C25H26FN3O4. The number of hydrogen-bond acceptors (Lipinski definition) is 7. The number of nitrogens with one attached hydrogen (secondary N) is 1. The number of fused-ring (bicyclic) bond motifs is 3. The number of aromatic hydroxyl groups is 1. The Morgan fingerprint density at radius 3 is 2.79 bits per heavy atom. The van der Waals surface area contributed by atoms with E-state index in [0.717, 1.165) is 18.7 Å². The second-order valence-corrected chi connectivity index (χ2v) is 7.77.